The van der Waals surface area contributed by atoms with Gasteiger partial charge in [-0.2, -0.15) is 0 Å². The highest BCUT2D eigenvalue weighted by Gasteiger charge is 2.36. The van der Waals surface area contributed by atoms with Crippen molar-refractivity contribution in [3.05, 3.63) is 23.5 Å². The molecule has 0 heterocycles. The SMILES string of the molecule is C=C1C(=O)C(O)=C2CCCCC12. The molecular formula is C10H12O2. The van der Waals surface area contributed by atoms with E-state index in [0.717, 1.165) is 31.3 Å². The number of rotatable bonds is 0. The van der Waals surface area contributed by atoms with Crippen molar-refractivity contribution in [2.45, 2.75) is 25.7 Å². The van der Waals surface area contributed by atoms with E-state index in [9.17, 15) is 9.90 Å². The van der Waals surface area contributed by atoms with Crippen molar-refractivity contribution >= 4 is 5.78 Å². The molecule has 1 atom stereocenters. The molecule has 2 aliphatic rings. The summed E-state index contributed by atoms with van der Waals surface area (Å²) < 4.78 is 0. The van der Waals surface area contributed by atoms with Gasteiger partial charge in [-0.15, -0.1) is 0 Å². The Kier molecular flexibility index (Phi) is 1.56. The molecule has 1 unspecified atom stereocenters. The molecule has 0 radical (unpaired) electrons. The lowest BCUT2D eigenvalue weighted by atomic mass is 9.84. The summed E-state index contributed by atoms with van der Waals surface area (Å²) in [6.07, 6.45) is 4.11. The minimum absolute atomic E-state index is 0.00954. The molecule has 64 valence electrons. The zero-order valence-corrected chi connectivity index (χ0v) is 6.97. The van der Waals surface area contributed by atoms with Crippen molar-refractivity contribution in [3.8, 4) is 0 Å². The molecule has 2 nitrogen and oxygen atoms in total. The molecule has 2 aliphatic carbocycles. The number of hydrogen-bond donors (Lipinski definition) is 1. The zero-order valence-electron chi connectivity index (χ0n) is 6.97. The molecule has 1 saturated carbocycles. The van der Waals surface area contributed by atoms with Gasteiger partial charge < -0.3 is 5.11 Å². The lowest BCUT2D eigenvalue weighted by Gasteiger charge is -2.19. The molecule has 12 heavy (non-hydrogen) atoms. The number of ketones is 1. The van der Waals surface area contributed by atoms with Crippen LogP contribution in [-0.2, 0) is 4.79 Å². The fraction of sp³-hybridized carbons (Fsp3) is 0.500. The number of allylic oxidation sites excluding steroid dienone is 2. The quantitative estimate of drug-likeness (QED) is 0.557. The Bertz CT molecular complexity index is 286. The van der Waals surface area contributed by atoms with Crippen LogP contribution in [0.5, 0.6) is 0 Å². The van der Waals surface area contributed by atoms with Crippen molar-refractivity contribution in [2.24, 2.45) is 5.92 Å². The van der Waals surface area contributed by atoms with Crippen LogP contribution in [0.4, 0.5) is 0 Å². The first-order chi connectivity index (χ1) is 5.72. The van der Waals surface area contributed by atoms with Gasteiger partial charge in [-0.25, -0.2) is 0 Å². The second-order valence-corrected chi connectivity index (χ2v) is 3.53. The number of fused-ring (bicyclic) bond motifs is 1. The molecule has 1 N–H and O–H groups in total. The molecule has 0 aliphatic heterocycles. The number of Topliss-reactive ketones (excluding diaryl/α,β-unsaturated/α-hetero) is 1. The third kappa shape index (κ3) is 0.840. The second kappa shape index (κ2) is 2.47. The molecule has 0 spiro atoms. The van der Waals surface area contributed by atoms with Crippen molar-refractivity contribution in [2.75, 3.05) is 0 Å². The smallest absolute Gasteiger partial charge is 0.223 e. The summed E-state index contributed by atoms with van der Waals surface area (Å²) in [5, 5.41) is 9.43. The summed E-state index contributed by atoms with van der Waals surface area (Å²) in [7, 11) is 0. The average molecular weight is 164 g/mol. The summed E-state index contributed by atoms with van der Waals surface area (Å²) in [6, 6.07) is 0. The Hall–Kier alpha value is -1.05. The Morgan fingerprint density at radius 2 is 2.17 bits per heavy atom. The molecule has 2 heteroatoms. The molecule has 1 fully saturated rings. The van der Waals surface area contributed by atoms with Gasteiger partial charge in [0.2, 0.25) is 5.78 Å². The Labute approximate surface area is 71.6 Å². The first kappa shape index (κ1) is 7.59. The van der Waals surface area contributed by atoms with E-state index in [2.05, 4.69) is 6.58 Å². The normalized spacial score (nSPS) is 29.5. The molecule has 0 aromatic rings. The van der Waals surface area contributed by atoms with E-state index in [0.29, 0.717) is 5.57 Å². The second-order valence-electron chi connectivity index (χ2n) is 3.53. The van der Waals surface area contributed by atoms with Crippen LogP contribution < -0.4 is 0 Å². The highest BCUT2D eigenvalue weighted by atomic mass is 16.3. The molecule has 0 bridgehead atoms. The summed E-state index contributed by atoms with van der Waals surface area (Å²) in [5.74, 6) is -0.0622. The van der Waals surface area contributed by atoms with E-state index >= 15 is 0 Å². The third-order valence-electron chi connectivity index (χ3n) is 2.84. The van der Waals surface area contributed by atoms with Crippen LogP contribution in [0, 0.1) is 5.92 Å². The van der Waals surface area contributed by atoms with Crippen LogP contribution in [0.15, 0.2) is 23.5 Å². The highest BCUT2D eigenvalue weighted by molar-refractivity contribution is 6.10. The lowest BCUT2D eigenvalue weighted by Crippen LogP contribution is -2.08. The van der Waals surface area contributed by atoms with Gasteiger partial charge in [-0.05, 0) is 24.8 Å². The maximum Gasteiger partial charge on any atom is 0.223 e. The van der Waals surface area contributed by atoms with Gasteiger partial charge in [-0.3, -0.25) is 4.79 Å². The van der Waals surface area contributed by atoms with Gasteiger partial charge in [0.1, 0.15) is 0 Å². The Morgan fingerprint density at radius 3 is 2.83 bits per heavy atom. The predicted octanol–water partition coefficient (Wildman–Crippen LogP) is 2.13. The van der Waals surface area contributed by atoms with E-state index in [1.54, 1.807) is 0 Å². The van der Waals surface area contributed by atoms with Crippen LogP contribution in [0.25, 0.3) is 0 Å². The first-order valence-corrected chi connectivity index (χ1v) is 4.37. The van der Waals surface area contributed by atoms with E-state index in [4.69, 9.17) is 0 Å². The summed E-state index contributed by atoms with van der Waals surface area (Å²) in [4.78, 5) is 11.3. The number of carbonyl (C=O) groups excluding carboxylic acids is 1. The highest BCUT2D eigenvalue weighted by Crippen LogP contribution is 2.41. The minimum Gasteiger partial charge on any atom is -0.504 e. The third-order valence-corrected chi connectivity index (χ3v) is 2.84. The number of hydrogen-bond acceptors (Lipinski definition) is 2. The van der Waals surface area contributed by atoms with Gasteiger partial charge in [0.25, 0.3) is 0 Å². The molecule has 2 rings (SSSR count). The van der Waals surface area contributed by atoms with Gasteiger partial charge in [0, 0.05) is 11.5 Å². The summed E-state index contributed by atoms with van der Waals surface area (Å²) in [6.45, 7) is 3.72. The number of carbonyl (C=O) groups is 1. The molecular weight excluding hydrogens is 152 g/mol. The summed E-state index contributed by atoms with van der Waals surface area (Å²) >= 11 is 0. The van der Waals surface area contributed by atoms with E-state index in [1.807, 2.05) is 0 Å². The van der Waals surface area contributed by atoms with Crippen LogP contribution in [0.3, 0.4) is 0 Å². The first-order valence-electron chi connectivity index (χ1n) is 4.37. The fourth-order valence-corrected chi connectivity index (χ4v) is 2.14. The maximum absolute atomic E-state index is 11.3. The number of aliphatic hydroxyl groups excluding tert-OH is 1. The minimum atomic E-state index is -0.225. The van der Waals surface area contributed by atoms with Crippen molar-refractivity contribution < 1.29 is 9.90 Å². The van der Waals surface area contributed by atoms with Crippen LogP contribution in [0.2, 0.25) is 0 Å². The molecule has 0 amide bonds. The molecule has 0 aromatic carbocycles. The van der Waals surface area contributed by atoms with Crippen LogP contribution in [-0.4, -0.2) is 10.9 Å². The van der Waals surface area contributed by atoms with Gasteiger partial charge in [0.05, 0.1) is 0 Å². The predicted molar refractivity (Wildman–Crippen MR) is 45.8 cm³/mol. The molecule has 0 aromatic heterocycles. The molecule has 0 saturated heterocycles. The van der Waals surface area contributed by atoms with Crippen LogP contribution >= 0.6 is 0 Å². The van der Waals surface area contributed by atoms with Crippen molar-refractivity contribution in [3.63, 3.8) is 0 Å². The summed E-state index contributed by atoms with van der Waals surface area (Å²) in [5.41, 5.74) is 1.54. The van der Waals surface area contributed by atoms with E-state index in [-0.39, 0.29) is 17.5 Å². The largest absolute Gasteiger partial charge is 0.504 e. The topological polar surface area (TPSA) is 37.3 Å². The number of aliphatic hydroxyl groups is 1. The maximum atomic E-state index is 11.3. The van der Waals surface area contributed by atoms with E-state index < -0.39 is 0 Å². The standard InChI is InChI=1S/C10H12O2/c1-6-7-4-2-3-5-8(7)10(12)9(6)11/h7,12H,1-5H2. The van der Waals surface area contributed by atoms with Crippen molar-refractivity contribution in [1.82, 2.24) is 0 Å². The van der Waals surface area contributed by atoms with Crippen LogP contribution in [0.1, 0.15) is 25.7 Å². The monoisotopic (exact) mass is 164 g/mol. The Morgan fingerprint density at radius 1 is 1.42 bits per heavy atom. The van der Waals surface area contributed by atoms with Crippen molar-refractivity contribution in [1.29, 1.82) is 0 Å². The average Bonchev–Trinajstić information content (AvgIpc) is 2.33. The lowest BCUT2D eigenvalue weighted by molar-refractivity contribution is -0.114. The van der Waals surface area contributed by atoms with Gasteiger partial charge in [0.15, 0.2) is 5.76 Å². The Balaban J connectivity index is 2.40. The fourth-order valence-electron chi connectivity index (χ4n) is 2.14. The zero-order chi connectivity index (χ0) is 8.72. The van der Waals surface area contributed by atoms with Gasteiger partial charge in [-0.1, -0.05) is 13.0 Å². The van der Waals surface area contributed by atoms with E-state index in [1.165, 1.54) is 0 Å². The van der Waals surface area contributed by atoms with Gasteiger partial charge >= 0.3 is 0 Å².